The fraction of sp³-hybridized carbons (Fsp3) is 0.235. The summed E-state index contributed by atoms with van der Waals surface area (Å²) in [7, 11) is 0. The highest BCUT2D eigenvalue weighted by Crippen LogP contribution is 2.42. The number of rotatable bonds is 0. The zero-order valence-corrected chi connectivity index (χ0v) is 24.2. The van der Waals surface area contributed by atoms with Gasteiger partial charge in [-0.05, 0) is 68.4 Å². The number of fused-ring (bicyclic) bond motifs is 10. The van der Waals surface area contributed by atoms with Crippen molar-refractivity contribution in [2.75, 3.05) is 0 Å². The molecule has 7 rings (SSSR count). The normalized spacial score (nSPS) is 13.1. The van der Waals surface area contributed by atoms with Crippen LogP contribution in [0.5, 0.6) is 0 Å². The molecule has 3 nitrogen and oxygen atoms in total. The van der Waals surface area contributed by atoms with E-state index < -0.39 is 0 Å². The Morgan fingerprint density at radius 1 is 0.605 bits per heavy atom. The van der Waals surface area contributed by atoms with Crippen LogP contribution < -0.4 is 0 Å². The highest BCUT2D eigenvalue weighted by molar-refractivity contribution is 9.10. The molecule has 2 heterocycles. The summed E-state index contributed by atoms with van der Waals surface area (Å²) < 4.78 is 1.04. The summed E-state index contributed by atoms with van der Waals surface area (Å²) in [6.45, 7) is 13.6. The van der Waals surface area contributed by atoms with Gasteiger partial charge < -0.3 is 4.98 Å². The third-order valence-electron chi connectivity index (χ3n) is 7.86. The lowest BCUT2D eigenvalue weighted by Gasteiger charge is -2.23. The van der Waals surface area contributed by atoms with Gasteiger partial charge >= 0.3 is 0 Å². The number of nitrogens with zero attached hydrogens (tertiary/aromatic N) is 2. The van der Waals surface area contributed by atoms with E-state index in [9.17, 15) is 0 Å². The lowest BCUT2D eigenvalue weighted by atomic mass is 9.81. The van der Waals surface area contributed by atoms with Crippen LogP contribution in [0, 0.1) is 0 Å². The highest BCUT2D eigenvalue weighted by atomic mass is 79.9. The Balaban J connectivity index is 1.70. The topological polar surface area (TPSA) is 41.6 Å². The number of benzene rings is 5. The van der Waals surface area contributed by atoms with Crippen LogP contribution in [0.4, 0.5) is 0 Å². The van der Waals surface area contributed by atoms with Crippen molar-refractivity contribution in [3.05, 3.63) is 82.3 Å². The number of halogens is 1. The molecule has 0 saturated carbocycles. The standard InChI is InChI=1S/C34H30BrN3/c1-33(2,3)24-16-23-20(19-9-7-8-10-21(19)24)12-13-22-29-28(38-30(22)23)17-25(34(4,5)6)31-32(29)36-26-14-11-18(35)15-27(26)37-31/h7-17,37H,1-6H3. The Labute approximate surface area is 230 Å². The molecule has 1 N–H and O–H groups in total. The van der Waals surface area contributed by atoms with Crippen molar-refractivity contribution in [3.63, 3.8) is 0 Å². The molecule has 0 aliphatic heterocycles. The summed E-state index contributed by atoms with van der Waals surface area (Å²) in [4.78, 5) is 14.3. The maximum absolute atomic E-state index is 5.33. The Bertz CT molecular complexity index is 2100. The van der Waals surface area contributed by atoms with Gasteiger partial charge in [-0.15, -0.1) is 0 Å². The average molecular weight is 561 g/mol. The van der Waals surface area contributed by atoms with Crippen molar-refractivity contribution in [3.8, 4) is 0 Å². The first-order valence-corrected chi connectivity index (χ1v) is 14.0. The quantitative estimate of drug-likeness (QED) is 0.148. The van der Waals surface area contributed by atoms with E-state index in [4.69, 9.17) is 9.97 Å². The molecule has 4 heteroatoms. The van der Waals surface area contributed by atoms with Crippen LogP contribution in [-0.4, -0.2) is 15.0 Å². The Morgan fingerprint density at radius 3 is 2.00 bits per heavy atom. The summed E-state index contributed by atoms with van der Waals surface area (Å²) >= 11 is 3.62. The summed E-state index contributed by atoms with van der Waals surface area (Å²) in [5.41, 5.74) is 8.61. The molecule has 0 atom stereocenters. The van der Waals surface area contributed by atoms with Crippen LogP contribution in [0.1, 0.15) is 52.7 Å². The van der Waals surface area contributed by atoms with Gasteiger partial charge in [-0.2, -0.15) is 0 Å². The molecule has 0 aliphatic rings. The molecule has 0 fully saturated rings. The first-order valence-electron chi connectivity index (χ1n) is 13.2. The molecule has 0 amide bonds. The molecule has 5 aromatic carbocycles. The van der Waals surface area contributed by atoms with Gasteiger partial charge in [0.25, 0.3) is 0 Å². The number of nitrogens with one attached hydrogen (secondary N) is 1. The molecule has 0 unspecified atom stereocenters. The van der Waals surface area contributed by atoms with Crippen molar-refractivity contribution in [2.24, 2.45) is 0 Å². The molecule has 0 spiro atoms. The van der Waals surface area contributed by atoms with Crippen LogP contribution >= 0.6 is 15.9 Å². The van der Waals surface area contributed by atoms with E-state index in [0.717, 1.165) is 48.3 Å². The zero-order valence-electron chi connectivity index (χ0n) is 22.6. The van der Waals surface area contributed by atoms with E-state index in [2.05, 4.69) is 123 Å². The van der Waals surface area contributed by atoms with Gasteiger partial charge in [0.1, 0.15) is 0 Å². The molecule has 0 aliphatic carbocycles. The number of hydrogen-bond acceptors (Lipinski definition) is 2. The maximum Gasteiger partial charge on any atom is 0.0976 e. The smallest absolute Gasteiger partial charge is 0.0976 e. The number of aromatic amines is 1. The van der Waals surface area contributed by atoms with E-state index in [0.29, 0.717) is 0 Å². The predicted molar refractivity (Wildman–Crippen MR) is 167 cm³/mol. The Hall–Kier alpha value is -3.50. The molecule has 38 heavy (non-hydrogen) atoms. The maximum atomic E-state index is 5.33. The average Bonchev–Trinajstić information content (AvgIpc) is 3.24. The van der Waals surface area contributed by atoms with E-state index in [1.165, 1.54) is 32.7 Å². The molecule has 0 saturated heterocycles. The van der Waals surface area contributed by atoms with E-state index in [1.807, 2.05) is 6.07 Å². The molecule has 7 aromatic rings. The van der Waals surface area contributed by atoms with Crippen molar-refractivity contribution < 1.29 is 0 Å². The minimum Gasteiger partial charge on any atom is -0.352 e. The summed E-state index contributed by atoms with van der Waals surface area (Å²) in [5, 5.41) is 7.34. The van der Waals surface area contributed by atoms with Gasteiger partial charge in [0.2, 0.25) is 0 Å². The molecular weight excluding hydrogens is 530 g/mol. The fourth-order valence-electron chi connectivity index (χ4n) is 6.03. The summed E-state index contributed by atoms with van der Waals surface area (Å²) in [6, 6.07) is 24.2. The second kappa shape index (κ2) is 7.77. The van der Waals surface area contributed by atoms with Gasteiger partial charge in [0.05, 0.1) is 33.1 Å². The zero-order chi connectivity index (χ0) is 26.6. The SMILES string of the molecule is CC(C)(C)c1cc2c(ccc3c2nc2cc(C(C)(C)C)c4[nH]c5cc(Br)ccc5nc4c23)c2ccccc12. The highest BCUT2D eigenvalue weighted by Gasteiger charge is 2.24. The van der Waals surface area contributed by atoms with Crippen LogP contribution in [-0.2, 0) is 10.8 Å². The van der Waals surface area contributed by atoms with Crippen molar-refractivity contribution in [2.45, 2.75) is 52.4 Å². The van der Waals surface area contributed by atoms with E-state index in [-0.39, 0.29) is 10.8 Å². The van der Waals surface area contributed by atoms with Gasteiger partial charge in [0, 0.05) is 20.6 Å². The van der Waals surface area contributed by atoms with E-state index in [1.54, 1.807) is 0 Å². The number of aromatic nitrogens is 3. The fourth-order valence-corrected chi connectivity index (χ4v) is 6.39. The first kappa shape index (κ1) is 23.6. The van der Waals surface area contributed by atoms with Gasteiger partial charge in [-0.25, -0.2) is 9.97 Å². The minimum atomic E-state index is -0.0763. The second-order valence-electron chi connectivity index (χ2n) is 12.6. The number of hydrogen-bond donors (Lipinski definition) is 1. The summed E-state index contributed by atoms with van der Waals surface area (Å²) in [5.74, 6) is 0. The molecule has 0 radical (unpaired) electrons. The van der Waals surface area contributed by atoms with E-state index >= 15 is 0 Å². The lowest BCUT2D eigenvalue weighted by Crippen LogP contribution is -2.13. The monoisotopic (exact) mass is 559 g/mol. The van der Waals surface area contributed by atoms with Crippen molar-refractivity contribution in [1.29, 1.82) is 0 Å². The largest absolute Gasteiger partial charge is 0.352 e. The predicted octanol–water partition coefficient (Wildman–Crippen LogP) is 10.1. The molecular formula is C34H30BrN3. The summed E-state index contributed by atoms with van der Waals surface area (Å²) in [6.07, 6.45) is 0. The van der Waals surface area contributed by atoms with Gasteiger partial charge in [0.15, 0.2) is 0 Å². The lowest BCUT2D eigenvalue weighted by molar-refractivity contribution is 0.595. The molecule has 188 valence electrons. The third-order valence-corrected chi connectivity index (χ3v) is 8.35. The minimum absolute atomic E-state index is 0.0117. The third kappa shape index (κ3) is 3.39. The van der Waals surface area contributed by atoms with Crippen LogP contribution in [0.2, 0.25) is 0 Å². The van der Waals surface area contributed by atoms with Crippen molar-refractivity contribution in [1.82, 2.24) is 15.0 Å². The number of H-pyrrole nitrogens is 1. The molecule has 0 bridgehead atoms. The van der Waals surface area contributed by atoms with Gasteiger partial charge in [-0.3, -0.25) is 0 Å². The Kier molecular flexibility index (Phi) is 4.82. The first-order chi connectivity index (χ1) is 18.0. The van der Waals surface area contributed by atoms with Crippen LogP contribution in [0.15, 0.2) is 71.2 Å². The molecule has 2 aromatic heterocycles. The van der Waals surface area contributed by atoms with Gasteiger partial charge in [-0.1, -0.05) is 93.9 Å². The Morgan fingerprint density at radius 2 is 1.26 bits per heavy atom. The van der Waals surface area contributed by atoms with Crippen LogP contribution in [0.3, 0.4) is 0 Å². The van der Waals surface area contributed by atoms with Crippen molar-refractivity contribution >= 4 is 81.3 Å². The second-order valence-corrected chi connectivity index (χ2v) is 13.5. The van der Waals surface area contributed by atoms with Crippen LogP contribution in [0.25, 0.3) is 65.4 Å².